The van der Waals surface area contributed by atoms with Gasteiger partial charge in [-0.2, -0.15) is 0 Å². The van der Waals surface area contributed by atoms with Gasteiger partial charge in [0, 0.05) is 42.3 Å². The Bertz CT molecular complexity index is 1090. The Kier molecular flexibility index (Phi) is 5.64. The zero-order valence-electron chi connectivity index (χ0n) is 19.1. The lowest BCUT2D eigenvalue weighted by atomic mass is 9.99. The van der Waals surface area contributed by atoms with Crippen molar-refractivity contribution in [2.24, 2.45) is 0 Å². The number of likely N-dealkylation sites (tertiary alicyclic amines) is 1. The molecule has 3 aliphatic rings. The number of hydrogen-bond donors (Lipinski definition) is 2. The molecule has 168 valence electrons. The van der Waals surface area contributed by atoms with Crippen molar-refractivity contribution in [3.8, 4) is 0 Å². The summed E-state index contributed by atoms with van der Waals surface area (Å²) < 4.78 is 0. The molecule has 32 heavy (non-hydrogen) atoms. The number of carbonyl (C=O) groups excluding carboxylic acids is 2. The van der Waals surface area contributed by atoms with Crippen LogP contribution in [0.5, 0.6) is 0 Å². The molecule has 2 N–H and O–H groups in total. The number of hydrogen-bond acceptors (Lipinski definition) is 3. The minimum Gasteiger partial charge on any atom is -0.358 e. The fraction of sp³-hybridized carbons (Fsp3) is 0.462. The van der Waals surface area contributed by atoms with Gasteiger partial charge in [-0.3, -0.25) is 9.59 Å². The first-order valence-corrected chi connectivity index (χ1v) is 11.9. The van der Waals surface area contributed by atoms with Crippen LogP contribution in [0.4, 0.5) is 5.69 Å². The predicted molar refractivity (Wildman–Crippen MR) is 128 cm³/mol. The zero-order valence-corrected chi connectivity index (χ0v) is 19.1. The van der Waals surface area contributed by atoms with Crippen molar-refractivity contribution in [2.45, 2.75) is 46.0 Å². The van der Waals surface area contributed by atoms with Crippen molar-refractivity contribution in [1.82, 2.24) is 14.8 Å². The fourth-order valence-electron chi connectivity index (χ4n) is 5.38. The van der Waals surface area contributed by atoms with Crippen LogP contribution in [0.25, 0.3) is 11.6 Å². The lowest BCUT2D eigenvalue weighted by Gasteiger charge is -2.29. The van der Waals surface area contributed by atoms with E-state index in [9.17, 15) is 9.59 Å². The van der Waals surface area contributed by atoms with Gasteiger partial charge in [-0.25, -0.2) is 0 Å². The van der Waals surface area contributed by atoms with Crippen molar-refractivity contribution in [3.05, 3.63) is 51.8 Å². The lowest BCUT2D eigenvalue weighted by molar-refractivity contribution is -0.110. The molecule has 1 aromatic carbocycles. The standard InChI is InChI=1S/C26H32N4O2/c1-17-8-6-9-20-23(17)19(25(31)28-20)16-22-18(2)24-21(27-22)10-7-13-30(26(24)32)15-14-29-11-4-3-5-12-29/h6,8-9,16,27H,3-5,7,10-15H2,1-2H3,(H,28,31)/b19-16-. The van der Waals surface area contributed by atoms with E-state index in [2.05, 4.69) is 15.2 Å². The van der Waals surface area contributed by atoms with Gasteiger partial charge in [0.05, 0.1) is 11.1 Å². The summed E-state index contributed by atoms with van der Waals surface area (Å²) in [7, 11) is 0. The van der Waals surface area contributed by atoms with E-state index >= 15 is 0 Å². The zero-order chi connectivity index (χ0) is 22.2. The van der Waals surface area contributed by atoms with E-state index in [4.69, 9.17) is 0 Å². The summed E-state index contributed by atoms with van der Waals surface area (Å²) in [6, 6.07) is 5.91. The second kappa shape index (κ2) is 8.58. The largest absolute Gasteiger partial charge is 0.358 e. The highest BCUT2D eigenvalue weighted by Gasteiger charge is 2.30. The van der Waals surface area contributed by atoms with E-state index in [0.717, 1.165) is 84.9 Å². The van der Waals surface area contributed by atoms with Crippen molar-refractivity contribution in [1.29, 1.82) is 0 Å². The van der Waals surface area contributed by atoms with E-state index in [1.54, 1.807) is 0 Å². The molecule has 1 aromatic heterocycles. The van der Waals surface area contributed by atoms with Crippen LogP contribution in [0.3, 0.4) is 0 Å². The summed E-state index contributed by atoms with van der Waals surface area (Å²) >= 11 is 0. The van der Waals surface area contributed by atoms with Crippen LogP contribution < -0.4 is 5.32 Å². The number of piperidine rings is 1. The molecule has 0 spiro atoms. The Morgan fingerprint density at radius 2 is 1.78 bits per heavy atom. The topological polar surface area (TPSA) is 68.4 Å². The Morgan fingerprint density at radius 1 is 0.969 bits per heavy atom. The Morgan fingerprint density at radius 3 is 2.59 bits per heavy atom. The van der Waals surface area contributed by atoms with Crippen LogP contribution >= 0.6 is 0 Å². The number of H-pyrrole nitrogens is 1. The van der Waals surface area contributed by atoms with Gasteiger partial charge in [0.25, 0.3) is 11.8 Å². The van der Waals surface area contributed by atoms with E-state index in [1.807, 2.05) is 43.0 Å². The fourth-order valence-corrected chi connectivity index (χ4v) is 5.38. The number of aromatic amines is 1. The summed E-state index contributed by atoms with van der Waals surface area (Å²) in [6.07, 6.45) is 7.59. The van der Waals surface area contributed by atoms with Crippen LogP contribution in [0, 0.1) is 13.8 Å². The molecular formula is C26H32N4O2. The third kappa shape index (κ3) is 3.77. The Balaban J connectivity index is 1.42. The molecule has 0 radical (unpaired) electrons. The van der Waals surface area contributed by atoms with Gasteiger partial charge >= 0.3 is 0 Å². The second-order valence-corrected chi connectivity index (χ2v) is 9.32. The van der Waals surface area contributed by atoms with E-state index in [1.165, 1.54) is 19.3 Å². The maximum atomic E-state index is 13.5. The minimum absolute atomic E-state index is 0.0898. The normalized spacial score (nSPS) is 20.3. The molecule has 1 fully saturated rings. The van der Waals surface area contributed by atoms with Gasteiger partial charge in [-0.05, 0) is 75.9 Å². The molecule has 0 atom stereocenters. The third-order valence-corrected chi connectivity index (χ3v) is 7.18. The third-order valence-electron chi connectivity index (χ3n) is 7.18. The number of carbonyl (C=O) groups is 2. The first kappa shape index (κ1) is 21.0. The average Bonchev–Trinajstić information content (AvgIpc) is 3.22. The van der Waals surface area contributed by atoms with E-state index in [-0.39, 0.29) is 11.8 Å². The summed E-state index contributed by atoms with van der Waals surface area (Å²) in [5, 5.41) is 2.96. The average molecular weight is 433 g/mol. The van der Waals surface area contributed by atoms with E-state index in [0.29, 0.717) is 5.57 Å². The molecule has 0 saturated carbocycles. The Hall–Kier alpha value is -2.86. The van der Waals surface area contributed by atoms with Crippen LogP contribution in [0.1, 0.15) is 64.1 Å². The molecule has 1 saturated heterocycles. The molecule has 2 amide bonds. The van der Waals surface area contributed by atoms with Gasteiger partial charge < -0.3 is 20.1 Å². The first-order chi connectivity index (χ1) is 15.5. The molecule has 0 aliphatic carbocycles. The molecule has 6 heteroatoms. The second-order valence-electron chi connectivity index (χ2n) is 9.32. The summed E-state index contributed by atoms with van der Waals surface area (Å²) in [4.78, 5) is 34.2. The number of aryl methyl sites for hydroxylation is 2. The number of nitrogens with zero attached hydrogens (tertiary/aromatic N) is 2. The molecule has 0 unspecified atom stereocenters. The highest BCUT2D eigenvalue weighted by Crippen LogP contribution is 2.36. The molecular weight excluding hydrogens is 400 g/mol. The van der Waals surface area contributed by atoms with Crippen molar-refractivity contribution >= 4 is 29.2 Å². The molecule has 0 bridgehead atoms. The quantitative estimate of drug-likeness (QED) is 0.718. The van der Waals surface area contributed by atoms with Gasteiger partial charge in [-0.1, -0.05) is 18.6 Å². The van der Waals surface area contributed by atoms with Crippen LogP contribution in [-0.2, 0) is 11.2 Å². The summed E-state index contributed by atoms with van der Waals surface area (Å²) in [5.74, 6) is 0.0355. The maximum absolute atomic E-state index is 13.5. The number of amides is 2. The van der Waals surface area contributed by atoms with E-state index < -0.39 is 0 Å². The molecule has 4 heterocycles. The number of anilines is 1. The van der Waals surface area contributed by atoms with Gasteiger partial charge in [0.2, 0.25) is 0 Å². The Labute approximate surface area is 189 Å². The maximum Gasteiger partial charge on any atom is 0.256 e. The van der Waals surface area contributed by atoms with Crippen LogP contribution in [0.15, 0.2) is 18.2 Å². The number of rotatable bonds is 4. The molecule has 3 aliphatic heterocycles. The molecule has 5 rings (SSSR count). The van der Waals surface area contributed by atoms with Crippen LogP contribution in [0.2, 0.25) is 0 Å². The van der Waals surface area contributed by atoms with Gasteiger partial charge in [0.1, 0.15) is 0 Å². The number of benzene rings is 1. The highest BCUT2D eigenvalue weighted by molar-refractivity contribution is 6.35. The summed E-state index contributed by atoms with van der Waals surface area (Å²) in [5.41, 5.74) is 7.15. The van der Waals surface area contributed by atoms with Crippen molar-refractivity contribution in [2.75, 3.05) is 38.0 Å². The first-order valence-electron chi connectivity index (χ1n) is 11.9. The summed E-state index contributed by atoms with van der Waals surface area (Å²) in [6.45, 7) is 8.87. The molecule has 2 aromatic rings. The van der Waals surface area contributed by atoms with Crippen molar-refractivity contribution < 1.29 is 9.59 Å². The molecule has 6 nitrogen and oxygen atoms in total. The number of fused-ring (bicyclic) bond motifs is 2. The SMILES string of the molecule is Cc1cccc2c1/C(=C/c1[nH]c3c(c1C)C(=O)N(CCN1CCCCC1)CCC3)C(=O)N2. The monoisotopic (exact) mass is 432 g/mol. The highest BCUT2D eigenvalue weighted by atomic mass is 16.2. The number of aromatic nitrogens is 1. The number of nitrogens with one attached hydrogen (secondary N) is 2. The van der Waals surface area contributed by atoms with Crippen LogP contribution in [-0.4, -0.2) is 59.3 Å². The predicted octanol–water partition coefficient (Wildman–Crippen LogP) is 4.00. The van der Waals surface area contributed by atoms with Gasteiger partial charge in [-0.15, -0.1) is 0 Å². The smallest absolute Gasteiger partial charge is 0.256 e. The van der Waals surface area contributed by atoms with Gasteiger partial charge in [0.15, 0.2) is 0 Å². The minimum atomic E-state index is -0.0898. The lowest BCUT2D eigenvalue weighted by Crippen LogP contribution is -2.40. The van der Waals surface area contributed by atoms with Crippen molar-refractivity contribution in [3.63, 3.8) is 0 Å².